The average Bonchev–Trinajstić information content (AvgIpc) is 3.37. The van der Waals surface area contributed by atoms with E-state index in [0.29, 0.717) is 30.9 Å². The van der Waals surface area contributed by atoms with Gasteiger partial charge in [0.15, 0.2) is 21.3 Å². The first kappa shape index (κ1) is 23.4. The molecular formula is C27H27NO6S. The Bertz CT molecular complexity index is 1300. The van der Waals surface area contributed by atoms with Gasteiger partial charge in [-0.3, -0.25) is 4.79 Å². The number of carbonyl (C=O) groups excluding carboxylic acids is 1. The van der Waals surface area contributed by atoms with Gasteiger partial charge in [0.2, 0.25) is 6.79 Å². The smallest absolute Gasteiger partial charge is 0.251 e. The number of fused-ring (bicyclic) bond motifs is 1. The first-order chi connectivity index (χ1) is 17.0. The van der Waals surface area contributed by atoms with Gasteiger partial charge in [-0.15, -0.1) is 0 Å². The van der Waals surface area contributed by atoms with Crippen LogP contribution in [0.25, 0.3) is 0 Å². The third-order valence-electron chi connectivity index (χ3n) is 6.70. The summed E-state index contributed by atoms with van der Waals surface area (Å²) in [4.78, 5) is 13.2. The number of ether oxygens (including phenoxy) is 3. The van der Waals surface area contributed by atoms with E-state index in [2.05, 4.69) is 5.32 Å². The fourth-order valence-electron chi connectivity index (χ4n) is 4.59. The zero-order chi connectivity index (χ0) is 24.3. The predicted octanol–water partition coefficient (Wildman–Crippen LogP) is 3.87. The molecule has 3 aromatic rings. The molecule has 182 valence electrons. The van der Waals surface area contributed by atoms with Crippen LogP contribution in [0.2, 0.25) is 0 Å². The van der Waals surface area contributed by atoms with Crippen molar-refractivity contribution in [1.29, 1.82) is 0 Å². The van der Waals surface area contributed by atoms with Crippen LogP contribution in [0, 0.1) is 0 Å². The van der Waals surface area contributed by atoms with Crippen molar-refractivity contribution in [3.63, 3.8) is 0 Å². The third kappa shape index (κ3) is 5.04. The molecule has 0 unspecified atom stereocenters. The normalized spacial score (nSPS) is 16.6. The molecule has 2 aliphatic heterocycles. The van der Waals surface area contributed by atoms with Crippen molar-refractivity contribution in [2.45, 2.75) is 28.9 Å². The number of nitrogens with one attached hydrogen (secondary N) is 1. The van der Waals surface area contributed by atoms with E-state index in [1.807, 2.05) is 18.2 Å². The Labute approximate surface area is 204 Å². The molecule has 1 N–H and O–H groups in total. The van der Waals surface area contributed by atoms with Crippen molar-refractivity contribution in [2.24, 2.45) is 0 Å². The van der Waals surface area contributed by atoms with E-state index in [4.69, 9.17) is 14.2 Å². The van der Waals surface area contributed by atoms with Gasteiger partial charge in [0.05, 0.1) is 10.6 Å². The van der Waals surface area contributed by atoms with E-state index in [0.717, 1.165) is 29.9 Å². The molecule has 5 rings (SSSR count). The molecule has 0 atom stereocenters. The Morgan fingerprint density at radius 2 is 1.60 bits per heavy atom. The van der Waals surface area contributed by atoms with E-state index in [9.17, 15) is 13.2 Å². The van der Waals surface area contributed by atoms with Crippen LogP contribution in [0.3, 0.4) is 0 Å². The largest absolute Gasteiger partial charge is 0.454 e. The summed E-state index contributed by atoms with van der Waals surface area (Å²) >= 11 is 0. The second kappa shape index (κ2) is 9.71. The van der Waals surface area contributed by atoms with Crippen LogP contribution in [-0.4, -0.2) is 40.9 Å². The Morgan fingerprint density at radius 3 is 2.34 bits per heavy atom. The minimum Gasteiger partial charge on any atom is -0.454 e. The van der Waals surface area contributed by atoms with Crippen molar-refractivity contribution >= 4 is 15.7 Å². The monoisotopic (exact) mass is 493 g/mol. The molecule has 0 spiro atoms. The molecule has 35 heavy (non-hydrogen) atoms. The van der Waals surface area contributed by atoms with E-state index in [1.54, 1.807) is 54.6 Å². The Balaban J connectivity index is 1.27. The van der Waals surface area contributed by atoms with Gasteiger partial charge < -0.3 is 19.5 Å². The number of benzene rings is 3. The van der Waals surface area contributed by atoms with Crippen molar-refractivity contribution in [3.8, 4) is 11.5 Å². The Morgan fingerprint density at radius 1 is 0.886 bits per heavy atom. The van der Waals surface area contributed by atoms with Crippen LogP contribution in [0.5, 0.6) is 11.5 Å². The summed E-state index contributed by atoms with van der Waals surface area (Å²) in [5, 5.41) is 3.08. The van der Waals surface area contributed by atoms with Crippen LogP contribution in [0.15, 0.2) is 77.7 Å². The quantitative estimate of drug-likeness (QED) is 0.537. The average molecular weight is 494 g/mol. The van der Waals surface area contributed by atoms with E-state index in [1.165, 1.54) is 0 Å². The molecule has 1 fully saturated rings. The molecule has 0 radical (unpaired) electrons. The number of hydrogen-bond acceptors (Lipinski definition) is 6. The summed E-state index contributed by atoms with van der Waals surface area (Å²) < 4.78 is 41.9. The SMILES string of the molecule is O=C(NCC1(c2ccc3c(c2)OCO3)CCOCC1)c1ccc(CS(=O)(=O)c2ccccc2)cc1. The number of hydrogen-bond donors (Lipinski definition) is 1. The van der Waals surface area contributed by atoms with Gasteiger partial charge in [-0.05, 0) is 60.4 Å². The minimum absolute atomic E-state index is 0.119. The Kier molecular flexibility index (Phi) is 6.49. The van der Waals surface area contributed by atoms with Crippen LogP contribution in [0.4, 0.5) is 0 Å². The molecule has 2 aliphatic rings. The van der Waals surface area contributed by atoms with Gasteiger partial charge in [-0.2, -0.15) is 0 Å². The standard InChI is InChI=1S/C27H27NO6S/c29-26(21-8-6-20(7-9-21)17-35(30,31)23-4-2-1-3-5-23)28-18-27(12-14-32-15-13-27)22-10-11-24-25(16-22)34-19-33-24/h1-11,16H,12-15,17-19H2,(H,28,29). The lowest BCUT2D eigenvalue weighted by Crippen LogP contribution is -2.44. The summed E-state index contributed by atoms with van der Waals surface area (Å²) in [6.45, 7) is 1.91. The summed E-state index contributed by atoms with van der Waals surface area (Å²) in [7, 11) is -3.45. The lowest BCUT2D eigenvalue weighted by atomic mass is 9.74. The lowest BCUT2D eigenvalue weighted by molar-refractivity contribution is 0.0486. The number of amides is 1. The summed E-state index contributed by atoms with van der Waals surface area (Å²) in [6.07, 6.45) is 1.56. The molecule has 8 heteroatoms. The van der Waals surface area contributed by atoms with Gasteiger partial charge in [-0.1, -0.05) is 36.4 Å². The van der Waals surface area contributed by atoms with Crippen LogP contribution < -0.4 is 14.8 Å². The minimum atomic E-state index is -3.45. The maximum absolute atomic E-state index is 13.0. The van der Waals surface area contributed by atoms with E-state index < -0.39 is 9.84 Å². The molecule has 1 saturated heterocycles. The highest BCUT2D eigenvalue weighted by Crippen LogP contribution is 2.40. The molecule has 1 amide bonds. The highest BCUT2D eigenvalue weighted by atomic mass is 32.2. The molecule has 0 aromatic heterocycles. The first-order valence-corrected chi connectivity index (χ1v) is 13.2. The van der Waals surface area contributed by atoms with Crippen LogP contribution in [-0.2, 0) is 25.7 Å². The fraction of sp³-hybridized carbons (Fsp3) is 0.296. The number of carbonyl (C=O) groups is 1. The zero-order valence-electron chi connectivity index (χ0n) is 19.2. The topological polar surface area (TPSA) is 90.9 Å². The first-order valence-electron chi connectivity index (χ1n) is 11.6. The molecule has 0 aliphatic carbocycles. The van der Waals surface area contributed by atoms with E-state index in [-0.39, 0.29) is 28.8 Å². The maximum Gasteiger partial charge on any atom is 0.251 e. The van der Waals surface area contributed by atoms with Crippen molar-refractivity contribution < 1.29 is 27.4 Å². The molecule has 0 saturated carbocycles. The molecule has 2 heterocycles. The summed E-state index contributed by atoms with van der Waals surface area (Å²) in [5.74, 6) is 1.13. The molecular weight excluding hydrogens is 466 g/mol. The third-order valence-corrected chi connectivity index (χ3v) is 8.40. The van der Waals surface area contributed by atoms with Gasteiger partial charge in [-0.25, -0.2) is 8.42 Å². The van der Waals surface area contributed by atoms with E-state index >= 15 is 0 Å². The fourth-order valence-corrected chi connectivity index (χ4v) is 5.96. The summed E-state index contributed by atoms with van der Waals surface area (Å²) in [5.41, 5.74) is 1.94. The van der Waals surface area contributed by atoms with Crippen molar-refractivity contribution in [3.05, 3.63) is 89.5 Å². The highest BCUT2D eigenvalue weighted by Gasteiger charge is 2.36. The molecule has 0 bridgehead atoms. The molecule has 7 nitrogen and oxygen atoms in total. The van der Waals surface area contributed by atoms with Gasteiger partial charge in [0, 0.05) is 30.7 Å². The predicted molar refractivity (Wildman–Crippen MR) is 130 cm³/mol. The molecule has 3 aromatic carbocycles. The van der Waals surface area contributed by atoms with Gasteiger partial charge in [0.25, 0.3) is 5.91 Å². The summed E-state index contributed by atoms with van der Waals surface area (Å²) in [6, 6.07) is 21.0. The van der Waals surface area contributed by atoms with Gasteiger partial charge in [0.1, 0.15) is 0 Å². The van der Waals surface area contributed by atoms with Crippen LogP contribution >= 0.6 is 0 Å². The lowest BCUT2D eigenvalue weighted by Gasteiger charge is -2.38. The zero-order valence-corrected chi connectivity index (χ0v) is 20.1. The highest BCUT2D eigenvalue weighted by molar-refractivity contribution is 7.90. The Hall–Kier alpha value is -3.36. The maximum atomic E-state index is 13.0. The van der Waals surface area contributed by atoms with Gasteiger partial charge >= 0.3 is 0 Å². The second-order valence-corrected chi connectivity index (χ2v) is 10.9. The second-order valence-electron chi connectivity index (χ2n) is 8.91. The van der Waals surface area contributed by atoms with Crippen molar-refractivity contribution in [2.75, 3.05) is 26.6 Å². The van der Waals surface area contributed by atoms with Crippen molar-refractivity contribution in [1.82, 2.24) is 5.32 Å². The van der Waals surface area contributed by atoms with Crippen LogP contribution in [0.1, 0.15) is 34.3 Å². The number of sulfone groups is 1. The number of rotatable bonds is 7.